The molecule has 8 heteroatoms. The molecule has 0 bridgehead atoms. The number of anilines is 1. The average molecular weight is 390 g/mol. The van der Waals surface area contributed by atoms with Gasteiger partial charge in [-0.05, 0) is 48.4 Å². The minimum Gasteiger partial charge on any atom is -0.356 e. The second-order valence-corrected chi connectivity index (χ2v) is 6.52. The first-order chi connectivity index (χ1) is 12.9. The first kappa shape index (κ1) is 18.8. The molecule has 140 valence electrons. The third-order valence-corrected chi connectivity index (χ3v) is 4.35. The Morgan fingerprint density at radius 1 is 1.19 bits per heavy atom. The Labute approximate surface area is 160 Å². The van der Waals surface area contributed by atoms with E-state index < -0.39 is 23.8 Å². The molecule has 1 aliphatic heterocycles. The molecular weight excluding hydrogens is 373 g/mol. The average Bonchev–Trinajstić information content (AvgIpc) is 2.89. The van der Waals surface area contributed by atoms with E-state index in [0.29, 0.717) is 18.0 Å². The molecular formula is C19H17ClFN3O3. The molecule has 1 unspecified atom stereocenters. The number of hydrogen-bond acceptors (Lipinski definition) is 3. The van der Waals surface area contributed by atoms with Gasteiger partial charge in [0.25, 0.3) is 5.91 Å². The summed E-state index contributed by atoms with van der Waals surface area (Å²) in [5, 5.41) is 5.82. The summed E-state index contributed by atoms with van der Waals surface area (Å²) in [7, 11) is 0. The van der Waals surface area contributed by atoms with Crippen LogP contribution in [0.15, 0.2) is 48.5 Å². The van der Waals surface area contributed by atoms with E-state index in [0.717, 1.165) is 22.6 Å². The predicted octanol–water partition coefficient (Wildman–Crippen LogP) is 2.65. The summed E-state index contributed by atoms with van der Waals surface area (Å²) in [6, 6.07) is 10.7. The maximum absolute atomic E-state index is 13.0. The van der Waals surface area contributed by atoms with E-state index in [1.54, 1.807) is 6.07 Å². The summed E-state index contributed by atoms with van der Waals surface area (Å²) in [5.74, 6) is -1.37. The number of hydrogen-bond donors (Lipinski definition) is 2. The van der Waals surface area contributed by atoms with E-state index in [2.05, 4.69) is 10.6 Å². The third kappa shape index (κ3) is 4.62. The van der Waals surface area contributed by atoms with E-state index in [-0.39, 0.29) is 18.0 Å². The summed E-state index contributed by atoms with van der Waals surface area (Å²) >= 11 is 5.91. The van der Waals surface area contributed by atoms with Gasteiger partial charge in [-0.2, -0.15) is 0 Å². The van der Waals surface area contributed by atoms with E-state index >= 15 is 0 Å². The minimum atomic E-state index is -0.950. The van der Waals surface area contributed by atoms with Crippen molar-refractivity contribution in [1.82, 2.24) is 10.6 Å². The fourth-order valence-electron chi connectivity index (χ4n) is 2.80. The molecule has 1 atom stereocenters. The molecule has 0 aromatic heterocycles. The van der Waals surface area contributed by atoms with Crippen molar-refractivity contribution < 1.29 is 18.8 Å². The van der Waals surface area contributed by atoms with Crippen LogP contribution in [0.25, 0.3) is 0 Å². The molecule has 0 saturated carbocycles. The summed E-state index contributed by atoms with van der Waals surface area (Å²) in [6.07, 6.45) is 0.427. The van der Waals surface area contributed by atoms with Crippen molar-refractivity contribution in [2.24, 2.45) is 0 Å². The van der Waals surface area contributed by atoms with Gasteiger partial charge in [0.05, 0.1) is 12.1 Å². The fourth-order valence-corrected chi connectivity index (χ4v) is 3.01. The number of urea groups is 1. The van der Waals surface area contributed by atoms with E-state index in [4.69, 9.17) is 11.6 Å². The summed E-state index contributed by atoms with van der Waals surface area (Å²) < 4.78 is 13.0. The molecule has 2 aromatic carbocycles. The van der Waals surface area contributed by atoms with Gasteiger partial charge in [0.2, 0.25) is 5.91 Å². The molecule has 0 radical (unpaired) electrons. The Kier molecular flexibility index (Phi) is 5.71. The lowest BCUT2D eigenvalue weighted by Crippen LogP contribution is -2.37. The van der Waals surface area contributed by atoms with Gasteiger partial charge in [0.1, 0.15) is 11.9 Å². The zero-order chi connectivity index (χ0) is 19.4. The van der Waals surface area contributed by atoms with Crippen molar-refractivity contribution in [2.45, 2.75) is 18.9 Å². The number of carbonyl (C=O) groups excluding carboxylic acids is 3. The van der Waals surface area contributed by atoms with Crippen LogP contribution in [0.4, 0.5) is 14.9 Å². The fraction of sp³-hybridized carbons (Fsp3) is 0.211. The summed E-state index contributed by atoms with van der Waals surface area (Å²) in [6.45, 7) is 0.385. The standard InChI is InChI=1S/C19H17ClFN3O3/c20-13-3-1-2-12(10-13)8-9-22-17(25)11-16-18(26)24(19(27)23-16)15-6-4-14(21)5-7-15/h1-7,10,16H,8-9,11H2,(H,22,25)(H,23,27). The maximum atomic E-state index is 13.0. The van der Waals surface area contributed by atoms with Crippen LogP contribution < -0.4 is 15.5 Å². The van der Waals surface area contributed by atoms with E-state index in [1.165, 1.54) is 12.1 Å². The molecule has 1 heterocycles. The van der Waals surface area contributed by atoms with E-state index in [9.17, 15) is 18.8 Å². The molecule has 0 aliphatic carbocycles. The summed E-state index contributed by atoms with van der Waals surface area (Å²) in [4.78, 5) is 37.5. The molecule has 6 nitrogen and oxygen atoms in total. The van der Waals surface area contributed by atoms with Gasteiger partial charge in [-0.1, -0.05) is 23.7 Å². The highest BCUT2D eigenvalue weighted by molar-refractivity contribution is 6.30. The van der Waals surface area contributed by atoms with Gasteiger partial charge >= 0.3 is 6.03 Å². The molecule has 2 N–H and O–H groups in total. The highest BCUT2D eigenvalue weighted by Crippen LogP contribution is 2.21. The van der Waals surface area contributed by atoms with Gasteiger partial charge < -0.3 is 10.6 Å². The van der Waals surface area contributed by atoms with Crippen LogP contribution in [0.5, 0.6) is 0 Å². The quantitative estimate of drug-likeness (QED) is 0.745. The second kappa shape index (κ2) is 8.18. The van der Waals surface area contributed by atoms with Crippen LogP contribution in [0, 0.1) is 5.82 Å². The number of benzene rings is 2. The molecule has 1 aliphatic rings. The van der Waals surface area contributed by atoms with Gasteiger partial charge in [0.15, 0.2) is 0 Å². The monoisotopic (exact) mass is 389 g/mol. The largest absolute Gasteiger partial charge is 0.356 e. The molecule has 2 aromatic rings. The molecule has 3 rings (SSSR count). The predicted molar refractivity (Wildman–Crippen MR) is 99.0 cm³/mol. The Balaban J connectivity index is 1.53. The maximum Gasteiger partial charge on any atom is 0.329 e. The lowest BCUT2D eigenvalue weighted by molar-refractivity contribution is -0.125. The van der Waals surface area contributed by atoms with Crippen molar-refractivity contribution >= 4 is 35.1 Å². The SMILES string of the molecule is O=C(CC1NC(=O)N(c2ccc(F)cc2)C1=O)NCCc1cccc(Cl)c1. The molecule has 27 heavy (non-hydrogen) atoms. The lowest BCUT2D eigenvalue weighted by Gasteiger charge is -2.13. The first-order valence-electron chi connectivity index (χ1n) is 8.35. The van der Waals surface area contributed by atoms with Crippen LogP contribution in [-0.4, -0.2) is 30.4 Å². The lowest BCUT2D eigenvalue weighted by atomic mass is 10.1. The molecule has 1 fully saturated rings. The normalized spacial score (nSPS) is 16.4. The highest BCUT2D eigenvalue weighted by Gasteiger charge is 2.39. The van der Waals surface area contributed by atoms with Crippen LogP contribution in [0.3, 0.4) is 0 Å². The Morgan fingerprint density at radius 2 is 1.93 bits per heavy atom. The van der Waals surface area contributed by atoms with Crippen LogP contribution in [0.2, 0.25) is 5.02 Å². The smallest absolute Gasteiger partial charge is 0.329 e. The zero-order valence-corrected chi connectivity index (χ0v) is 15.0. The number of nitrogens with zero attached hydrogens (tertiary/aromatic N) is 1. The number of imide groups is 1. The second-order valence-electron chi connectivity index (χ2n) is 6.09. The molecule has 0 spiro atoms. The Hall–Kier alpha value is -2.93. The molecule has 1 saturated heterocycles. The van der Waals surface area contributed by atoms with Crippen LogP contribution in [0.1, 0.15) is 12.0 Å². The number of amides is 4. The highest BCUT2D eigenvalue weighted by atomic mass is 35.5. The Morgan fingerprint density at radius 3 is 2.63 bits per heavy atom. The summed E-state index contributed by atoms with van der Waals surface area (Å²) in [5.41, 5.74) is 1.23. The van der Waals surface area contributed by atoms with Crippen molar-refractivity contribution in [1.29, 1.82) is 0 Å². The number of rotatable bonds is 6. The van der Waals surface area contributed by atoms with Gasteiger partial charge in [-0.3, -0.25) is 9.59 Å². The topological polar surface area (TPSA) is 78.5 Å². The first-order valence-corrected chi connectivity index (χ1v) is 8.73. The van der Waals surface area contributed by atoms with Gasteiger partial charge in [-0.15, -0.1) is 0 Å². The number of nitrogens with one attached hydrogen (secondary N) is 2. The zero-order valence-electron chi connectivity index (χ0n) is 14.2. The van der Waals surface area contributed by atoms with Crippen molar-refractivity contribution in [3.63, 3.8) is 0 Å². The number of halogens is 2. The van der Waals surface area contributed by atoms with E-state index in [1.807, 2.05) is 18.2 Å². The molecule has 4 amide bonds. The van der Waals surface area contributed by atoms with Crippen molar-refractivity contribution in [3.05, 3.63) is 64.9 Å². The van der Waals surface area contributed by atoms with Crippen molar-refractivity contribution in [3.8, 4) is 0 Å². The number of carbonyl (C=O) groups is 3. The van der Waals surface area contributed by atoms with Crippen molar-refractivity contribution in [2.75, 3.05) is 11.4 Å². The van der Waals surface area contributed by atoms with Crippen LogP contribution >= 0.6 is 11.6 Å². The third-order valence-electron chi connectivity index (χ3n) is 4.12. The van der Waals surface area contributed by atoms with Gasteiger partial charge in [0, 0.05) is 11.6 Å². The Bertz CT molecular complexity index is 873. The van der Waals surface area contributed by atoms with Crippen LogP contribution in [-0.2, 0) is 16.0 Å². The van der Waals surface area contributed by atoms with Gasteiger partial charge in [-0.25, -0.2) is 14.1 Å². The minimum absolute atomic E-state index is 0.169.